The van der Waals surface area contributed by atoms with Crippen molar-refractivity contribution in [3.63, 3.8) is 0 Å². The number of likely N-dealkylation sites (tertiary alicyclic amines) is 1. The van der Waals surface area contributed by atoms with Gasteiger partial charge in [-0.1, -0.05) is 38.8 Å². The Morgan fingerprint density at radius 1 is 1.23 bits per heavy atom. The quantitative estimate of drug-likeness (QED) is 0.721. The lowest BCUT2D eigenvalue weighted by molar-refractivity contribution is 0.167. The van der Waals surface area contributed by atoms with Crippen LogP contribution in [0.5, 0.6) is 0 Å². The Hall–Kier alpha value is 0.920. The average molecular weight is 313 g/mol. The molecule has 0 bridgehead atoms. The molecule has 0 radical (unpaired) electrons. The van der Waals surface area contributed by atoms with E-state index in [2.05, 4.69) is 43.7 Å². The highest BCUT2D eigenvalue weighted by Gasteiger charge is 2.24. The van der Waals surface area contributed by atoms with Gasteiger partial charge in [-0.2, -0.15) is 0 Å². The molecule has 0 aromatic carbocycles. The smallest absolute Gasteiger partial charge is 0.00703 e. The monoisotopic (exact) mass is 311 g/mol. The Balaban J connectivity index is 2.30. The van der Waals surface area contributed by atoms with Crippen LogP contribution >= 0.6 is 31.9 Å². The highest BCUT2D eigenvalue weighted by atomic mass is 79.9. The van der Waals surface area contributed by atoms with Crippen molar-refractivity contribution in [1.82, 2.24) is 4.90 Å². The van der Waals surface area contributed by atoms with Gasteiger partial charge in [0.15, 0.2) is 0 Å². The molecular weight excluding hydrogens is 294 g/mol. The Bertz CT molecular complexity index is 129. The van der Waals surface area contributed by atoms with Gasteiger partial charge < -0.3 is 4.90 Å². The molecule has 0 atom stereocenters. The molecule has 0 aromatic heterocycles. The van der Waals surface area contributed by atoms with Crippen LogP contribution in [-0.4, -0.2) is 35.2 Å². The van der Waals surface area contributed by atoms with Crippen molar-refractivity contribution in [2.45, 2.75) is 19.8 Å². The molecule has 0 aliphatic carbocycles. The summed E-state index contributed by atoms with van der Waals surface area (Å²) in [5, 5.41) is 2.30. The second kappa shape index (κ2) is 6.41. The third-order valence-corrected chi connectivity index (χ3v) is 4.81. The van der Waals surface area contributed by atoms with Crippen molar-refractivity contribution >= 4 is 31.9 Å². The summed E-state index contributed by atoms with van der Waals surface area (Å²) < 4.78 is 0. The van der Waals surface area contributed by atoms with Gasteiger partial charge in [0, 0.05) is 10.7 Å². The molecule has 13 heavy (non-hydrogen) atoms. The van der Waals surface area contributed by atoms with Crippen LogP contribution in [0.2, 0.25) is 0 Å². The fraction of sp³-hybridized carbons (Fsp3) is 1.00. The first kappa shape index (κ1) is 12.0. The molecule has 1 heterocycles. The minimum Gasteiger partial charge on any atom is -0.304 e. The van der Waals surface area contributed by atoms with Crippen molar-refractivity contribution in [1.29, 1.82) is 0 Å². The van der Waals surface area contributed by atoms with Crippen LogP contribution in [0.4, 0.5) is 0 Å². The molecule has 1 saturated heterocycles. The molecule has 1 aliphatic rings. The van der Waals surface area contributed by atoms with Gasteiger partial charge in [-0.3, -0.25) is 0 Å². The Morgan fingerprint density at radius 3 is 2.15 bits per heavy atom. The van der Waals surface area contributed by atoms with Crippen LogP contribution in [0.1, 0.15) is 19.8 Å². The van der Waals surface area contributed by atoms with Gasteiger partial charge in [-0.25, -0.2) is 0 Å². The maximum absolute atomic E-state index is 3.60. The molecule has 1 nitrogen and oxygen atoms in total. The van der Waals surface area contributed by atoms with E-state index >= 15 is 0 Å². The van der Waals surface area contributed by atoms with Crippen molar-refractivity contribution in [3.8, 4) is 0 Å². The zero-order valence-electron chi connectivity index (χ0n) is 8.31. The van der Waals surface area contributed by atoms with E-state index in [9.17, 15) is 0 Å². The van der Waals surface area contributed by atoms with E-state index in [0.29, 0.717) is 0 Å². The van der Waals surface area contributed by atoms with Crippen molar-refractivity contribution in [3.05, 3.63) is 0 Å². The normalized spacial score (nSPS) is 21.2. The lowest BCUT2D eigenvalue weighted by atomic mass is 9.87. The van der Waals surface area contributed by atoms with Crippen LogP contribution in [0, 0.1) is 11.8 Å². The second-order valence-electron chi connectivity index (χ2n) is 3.84. The zero-order valence-corrected chi connectivity index (χ0v) is 11.5. The van der Waals surface area contributed by atoms with Gasteiger partial charge in [0.05, 0.1) is 0 Å². The topological polar surface area (TPSA) is 3.24 Å². The minimum atomic E-state index is 0.832. The molecule has 0 spiro atoms. The summed E-state index contributed by atoms with van der Waals surface area (Å²) >= 11 is 7.20. The minimum absolute atomic E-state index is 0.832. The van der Waals surface area contributed by atoms with Crippen molar-refractivity contribution in [2.75, 3.05) is 30.3 Å². The highest BCUT2D eigenvalue weighted by Crippen LogP contribution is 2.27. The zero-order chi connectivity index (χ0) is 9.68. The van der Waals surface area contributed by atoms with Gasteiger partial charge >= 0.3 is 0 Å². The van der Waals surface area contributed by atoms with E-state index in [1.54, 1.807) is 0 Å². The summed E-state index contributed by atoms with van der Waals surface area (Å²) in [5.74, 6) is 1.76. The fourth-order valence-electron chi connectivity index (χ4n) is 2.03. The lowest BCUT2D eigenvalue weighted by Crippen LogP contribution is -2.36. The van der Waals surface area contributed by atoms with E-state index in [1.165, 1.54) is 32.5 Å². The molecule has 78 valence electrons. The number of piperidine rings is 1. The molecule has 3 heteroatoms. The highest BCUT2D eigenvalue weighted by molar-refractivity contribution is 9.09. The largest absolute Gasteiger partial charge is 0.304 e. The Kier molecular flexibility index (Phi) is 5.92. The molecule has 0 saturated carbocycles. The van der Waals surface area contributed by atoms with Gasteiger partial charge in [0.1, 0.15) is 0 Å². The van der Waals surface area contributed by atoms with Gasteiger partial charge in [-0.15, -0.1) is 0 Å². The van der Waals surface area contributed by atoms with Crippen LogP contribution in [0.3, 0.4) is 0 Å². The molecule has 1 aliphatic heterocycles. The number of hydrogen-bond acceptors (Lipinski definition) is 1. The maximum atomic E-state index is 3.60. The number of rotatable bonds is 4. The van der Waals surface area contributed by atoms with Gasteiger partial charge in [0.25, 0.3) is 0 Å². The number of nitrogens with zero attached hydrogens (tertiary/aromatic N) is 1. The third kappa shape index (κ3) is 3.52. The van der Waals surface area contributed by atoms with Crippen LogP contribution in [0.25, 0.3) is 0 Å². The van der Waals surface area contributed by atoms with Crippen molar-refractivity contribution < 1.29 is 0 Å². The van der Waals surface area contributed by atoms with Crippen LogP contribution in [0.15, 0.2) is 0 Å². The second-order valence-corrected chi connectivity index (χ2v) is 5.14. The van der Waals surface area contributed by atoms with E-state index in [0.717, 1.165) is 22.5 Å². The number of alkyl halides is 2. The standard InChI is InChI=1S/C10H19Br2N/c1-2-13-5-3-9(4-6-13)10(7-11)8-12/h9-10H,2-8H2,1H3. The summed E-state index contributed by atoms with van der Waals surface area (Å²) in [4.78, 5) is 2.55. The molecule has 0 N–H and O–H groups in total. The molecular formula is C10H19Br2N. The SMILES string of the molecule is CCN1CCC(C(CBr)CBr)CC1. The van der Waals surface area contributed by atoms with Crippen molar-refractivity contribution in [2.24, 2.45) is 11.8 Å². The lowest BCUT2D eigenvalue weighted by Gasteiger charge is -2.34. The van der Waals surface area contributed by atoms with E-state index in [1.807, 2.05) is 0 Å². The molecule has 0 amide bonds. The average Bonchev–Trinajstić information content (AvgIpc) is 2.21. The van der Waals surface area contributed by atoms with E-state index < -0.39 is 0 Å². The summed E-state index contributed by atoms with van der Waals surface area (Å²) in [5.41, 5.74) is 0. The number of hydrogen-bond donors (Lipinski definition) is 0. The van der Waals surface area contributed by atoms with Gasteiger partial charge in [0.2, 0.25) is 0 Å². The predicted molar refractivity (Wildman–Crippen MR) is 65.9 cm³/mol. The summed E-state index contributed by atoms with van der Waals surface area (Å²) in [7, 11) is 0. The first-order valence-electron chi connectivity index (χ1n) is 5.16. The predicted octanol–water partition coefficient (Wildman–Crippen LogP) is 3.12. The van der Waals surface area contributed by atoms with Gasteiger partial charge in [-0.05, 0) is 44.3 Å². The van der Waals surface area contributed by atoms with Crippen LogP contribution < -0.4 is 0 Å². The fourth-order valence-corrected chi connectivity index (χ4v) is 4.16. The third-order valence-electron chi connectivity index (χ3n) is 3.14. The Morgan fingerprint density at radius 2 is 1.77 bits per heavy atom. The summed E-state index contributed by atoms with van der Waals surface area (Å²) in [6, 6.07) is 0. The first-order chi connectivity index (χ1) is 6.31. The molecule has 0 aromatic rings. The van der Waals surface area contributed by atoms with E-state index in [-0.39, 0.29) is 0 Å². The van der Waals surface area contributed by atoms with E-state index in [4.69, 9.17) is 0 Å². The maximum Gasteiger partial charge on any atom is 0.00703 e. The molecule has 0 unspecified atom stereocenters. The first-order valence-corrected chi connectivity index (χ1v) is 7.40. The van der Waals surface area contributed by atoms with Crippen LogP contribution in [-0.2, 0) is 0 Å². The Labute approximate surface area is 98.5 Å². The summed E-state index contributed by atoms with van der Waals surface area (Å²) in [6.07, 6.45) is 2.77. The summed E-state index contributed by atoms with van der Waals surface area (Å²) in [6.45, 7) is 6.09. The molecule has 1 rings (SSSR count). The number of halogens is 2. The molecule has 1 fully saturated rings.